The summed E-state index contributed by atoms with van der Waals surface area (Å²) in [4.78, 5) is 27.9. The molecule has 0 aromatic heterocycles. The van der Waals surface area contributed by atoms with Crippen molar-refractivity contribution < 1.29 is 19.1 Å². The average Bonchev–Trinajstić information content (AvgIpc) is 2.92. The number of hydrogen-bond acceptors (Lipinski definition) is 5. The molecule has 0 N–H and O–H groups in total. The predicted octanol–water partition coefficient (Wildman–Crippen LogP) is 5.15. The van der Waals surface area contributed by atoms with E-state index in [0.717, 1.165) is 22.3 Å². The largest absolute Gasteiger partial charge is 0.445 e. The van der Waals surface area contributed by atoms with Crippen molar-refractivity contribution in [2.75, 3.05) is 13.2 Å². The van der Waals surface area contributed by atoms with Crippen molar-refractivity contribution >= 4 is 11.9 Å². The van der Waals surface area contributed by atoms with Crippen molar-refractivity contribution in [2.45, 2.75) is 38.0 Å². The zero-order valence-corrected chi connectivity index (χ0v) is 20.0. The standard InChI is InChI=1S/C30H28N2O4/c31-17-24-8-4-5-9-28(24)23-12-10-21(11-13-23)14-29(33)25-15-26-19-35-20-27(16-25)32(26)30(34)36-18-22-6-2-1-3-7-22/h1-13,25-27H,14-16,18-20H2. The first-order chi connectivity index (χ1) is 17.6. The lowest BCUT2D eigenvalue weighted by Crippen LogP contribution is -2.60. The van der Waals surface area contributed by atoms with E-state index in [4.69, 9.17) is 9.47 Å². The van der Waals surface area contributed by atoms with E-state index in [2.05, 4.69) is 6.07 Å². The van der Waals surface area contributed by atoms with Gasteiger partial charge < -0.3 is 9.47 Å². The first-order valence-electron chi connectivity index (χ1n) is 12.3. The molecule has 2 bridgehead atoms. The summed E-state index contributed by atoms with van der Waals surface area (Å²) in [7, 11) is 0. The van der Waals surface area contributed by atoms with Crippen molar-refractivity contribution in [3.05, 3.63) is 95.6 Å². The highest BCUT2D eigenvalue weighted by atomic mass is 16.6. The molecule has 36 heavy (non-hydrogen) atoms. The van der Waals surface area contributed by atoms with Crippen LogP contribution in [0, 0.1) is 17.2 Å². The minimum Gasteiger partial charge on any atom is -0.445 e. The molecule has 2 fully saturated rings. The van der Waals surface area contributed by atoms with Crippen LogP contribution >= 0.6 is 0 Å². The second kappa shape index (κ2) is 10.8. The average molecular weight is 481 g/mol. The van der Waals surface area contributed by atoms with Crippen LogP contribution < -0.4 is 0 Å². The quantitative estimate of drug-likeness (QED) is 0.487. The van der Waals surface area contributed by atoms with E-state index in [9.17, 15) is 14.9 Å². The lowest BCUT2D eigenvalue weighted by atomic mass is 9.81. The number of fused-ring (bicyclic) bond motifs is 2. The molecule has 0 spiro atoms. The highest BCUT2D eigenvalue weighted by Gasteiger charge is 2.44. The van der Waals surface area contributed by atoms with Crippen LogP contribution in [-0.2, 0) is 27.3 Å². The number of rotatable bonds is 6. The van der Waals surface area contributed by atoms with Crippen molar-refractivity contribution in [1.82, 2.24) is 4.90 Å². The molecule has 2 heterocycles. The molecule has 2 aliphatic rings. The molecule has 0 aliphatic carbocycles. The van der Waals surface area contributed by atoms with Gasteiger partial charge in [-0.05, 0) is 41.2 Å². The second-order valence-corrected chi connectivity index (χ2v) is 9.46. The zero-order valence-electron chi connectivity index (χ0n) is 20.0. The molecule has 0 saturated carbocycles. The lowest BCUT2D eigenvalue weighted by Gasteiger charge is -2.47. The van der Waals surface area contributed by atoms with E-state index in [1.54, 1.807) is 11.0 Å². The fourth-order valence-electron chi connectivity index (χ4n) is 5.25. The van der Waals surface area contributed by atoms with Gasteiger partial charge >= 0.3 is 6.09 Å². The minimum atomic E-state index is -0.337. The van der Waals surface area contributed by atoms with Crippen LogP contribution in [0.1, 0.15) is 29.5 Å². The number of carbonyl (C=O) groups is 2. The Morgan fingerprint density at radius 1 is 0.889 bits per heavy atom. The van der Waals surface area contributed by atoms with Crippen molar-refractivity contribution in [1.29, 1.82) is 5.26 Å². The number of nitriles is 1. The summed E-state index contributed by atoms with van der Waals surface area (Å²) >= 11 is 0. The summed E-state index contributed by atoms with van der Waals surface area (Å²) in [6.07, 6.45) is 1.19. The van der Waals surface area contributed by atoms with E-state index in [0.29, 0.717) is 38.0 Å². The van der Waals surface area contributed by atoms with Gasteiger partial charge in [0.1, 0.15) is 12.4 Å². The van der Waals surface area contributed by atoms with Gasteiger partial charge in [-0.15, -0.1) is 0 Å². The number of ether oxygens (including phenoxy) is 2. The summed E-state index contributed by atoms with van der Waals surface area (Å²) in [6.45, 7) is 1.08. The van der Waals surface area contributed by atoms with Crippen LogP contribution in [0.2, 0.25) is 0 Å². The Kier molecular flexibility index (Phi) is 7.11. The maximum absolute atomic E-state index is 13.2. The lowest BCUT2D eigenvalue weighted by molar-refractivity contribution is -0.130. The molecule has 1 amide bonds. The maximum Gasteiger partial charge on any atom is 0.410 e. The van der Waals surface area contributed by atoms with Crippen molar-refractivity contribution in [3.63, 3.8) is 0 Å². The summed E-state index contributed by atoms with van der Waals surface area (Å²) in [5, 5.41) is 9.36. The van der Waals surface area contributed by atoms with E-state index >= 15 is 0 Å². The van der Waals surface area contributed by atoms with Gasteiger partial charge in [-0.2, -0.15) is 5.26 Å². The molecule has 182 valence electrons. The van der Waals surface area contributed by atoms with E-state index in [1.807, 2.05) is 72.8 Å². The van der Waals surface area contributed by atoms with Gasteiger partial charge in [0.2, 0.25) is 0 Å². The second-order valence-electron chi connectivity index (χ2n) is 9.46. The Balaban J connectivity index is 1.20. The monoisotopic (exact) mass is 480 g/mol. The molecular formula is C30H28N2O4. The first-order valence-corrected chi connectivity index (χ1v) is 12.3. The van der Waals surface area contributed by atoms with Gasteiger partial charge in [-0.1, -0.05) is 72.8 Å². The third-order valence-corrected chi connectivity index (χ3v) is 7.08. The topological polar surface area (TPSA) is 79.6 Å². The number of piperidine rings is 1. The summed E-state index contributed by atoms with van der Waals surface area (Å²) in [5.41, 5.74) is 4.36. The number of hydrogen-bond donors (Lipinski definition) is 0. The Morgan fingerprint density at radius 3 is 2.25 bits per heavy atom. The SMILES string of the molecule is N#Cc1ccccc1-c1ccc(CC(=O)C2CC3COCC(C2)N3C(=O)OCc2ccccc2)cc1. The molecule has 6 nitrogen and oxygen atoms in total. The number of ketones is 1. The molecule has 2 aliphatic heterocycles. The summed E-state index contributed by atoms with van der Waals surface area (Å²) < 4.78 is 11.3. The van der Waals surface area contributed by atoms with Gasteiger partial charge in [0.05, 0.1) is 36.9 Å². The number of carbonyl (C=O) groups excluding carboxylic acids is 2. The molecule has 2 unspecified atom stereocenters. The Morgan fingerprint density at radius 2 is 1.56 bits per heavy atom. The van der Waals surface area contributed by atoms with E-state index < -0.39 is 0 Å². The fourth-order valence-corrected chi connectivity index (χ4v) is 5.25. The molecule has 6 heteroatoms. The van der Waals surface area contributed by atoms with Gasteiger partial charge in [0.25, 0.3) is 0 Å². The molecule has 3 aromatic rings. The smallest absolute Gasteiger partial charge is 0.410 e. The van der Waals surface area contributed by atoms with Crippen LogP contribution in [0.3, 0.4) is 0 Å². The van der Waals surface area contributed by atoms with Crippen LogP contribution in [0.25, 0.3) is 11.1 Å². The summed E-state index contributed by atoms with van der Waals surface area (Å²) in [6, 6.07) is 26.9. The third kappa shape index (κ3) is 5.17. The predicted molar refractivity (Wildman–Crippen MR) is 135 cm³/mol. The molecule has 0 radical (unpaired) electrons. The molecule has 5 rings (SSSR count). The van der Waals surface area contributed by atoms with Crippen LogP contribution in [0.4, 0.5) is 4.79 Å². The number of Topliss-reactive ketones (excluding diaryl/α,β-unsaturated/α-hetero) is 1. The fraction of sp³-hybridized carbons (Fsp3) is 0.300. The minimum absolute atomic E-state index is 0.110. The Labute approximate surface area is 211 Å². The van der Waals surface area contributed by atoms with Gasteiger partial charge in [0.15, 0.2) is 0 Å². The van der Waals surface area contributed by atoms with Gasteiger partial charge in [0, 0.05) is 12.3 Å². The van der Waals surface area contributed by atoms with Gasteiger partial charge in [-0.25, -0.2) is 4.79 Å². The molecule has 2 saturated heterocycles. The molecule has 3 aromatic carbocycles. The number of benzene rings is 3. The molecule has 2 atom stereocenters. The number of nitrogens with zero attached hydrogens (tertiary/aromatic N) is 2. The van der Waals surface area contributed by atoms with E-state index in [-0.39, 0.29) is 36.5 Å². The van der Waals surface area contributed by atoms with Crippen LogP contribution in [-0.4, -0.2) is 42.1 Å². The maximum atomic E-state index is 13.2. The Hall–Kier alpha value is -3.95. The highest BCUT2D eigenvalue weighted by Crippen LogP contribution is 2.33. The third-order valence-electron chi connectivity index (χ3n) is 7.08. The zero-order chi connectivity index (χ0) is 24.9. The van der Waals surface area contributed by atoms with Crippen molar-refractivity contribution in [2.24, 2.45) is 5.92 Å². The van der Waals surface area contributed by atoms with Crippen molar-refractivity contribution in [3.8, 4) is 17.2 Å². The summed E-state index contributed by atoms with van der Waals surface area (Å²) in [5.74, 6) is 0.0791. The number of amides is 1. The van der Waals surface area contributed by atoms with Crippen LogP contribution in [0.15, 0.2) is 78.9 Å². The first kappa shape index (κ1) is 23.8. The Bertz CT molecular complexity index is 1250. The highest BCUT2D eigenvalue weighted by molar-refractivity contribution is 5.84. The number of morpholine rings is 1. The van der Waals surface area contributed by atoms with E-state index in [1.165, 1.54) is 0 Å². The molecular weight excluding hydrogens is 452 g/mol. The van der Waals surface area contributed by atoms with Gasteiger partial charge in [-0.3, -0.25) is 9.69 Å². The van der Waals surface area contributed by atoms with Crippen LogP contribution in [0.5, 0.6) is 0 Å². The normalized spacial score (nSPS) is 20.9.